The van der Waals surface area contributed by atoms with E-state index in [1.165, 1.54) is 6.42 Å². The fourth-order valence-corrected chi connectivity index (χ4v) is 3.40. The topological polar surface area (TPSA) is 42.0 Å². The molecule has 0 aromatic heterocycles. The van der Waals surface area contributed by atoms with Crippen molar-refractivity contribution in [2.24, 2.45) is 5.92 Å². The lowest BCUT2D eigenvalue weighted by atomic mass is 9.84. The number of methoxy groups -OCH3 is 2. The Kier molecular flexibility index (Phi) is 4.85. The van der Waals surface area contributed by atoms with E-state index in [9.17, 15) is 4.79 Å². The predicted molar refractivity (Wildman–Crippen MR) is 90.7 cm³/mol. The third-order valence-electron chi connectivity index (χ3n) is 4.84. The molecule has 2 fully saturated rings. The number of ether oxygens (including phenoxy) is 2. The number of carbonyl (C=O) groups is 1. The highest BCUT2D eigenvalue weighted by atomic mass is 35.5. The molecule has 126 valence electrons. The zero-order chi connectivity index (χ0) is 16.4. The van der Waals surface area contributed by atoms with Crippen LogP contribution in [0.25, 0.3) is 0 Å². The van der Waals surface area contributed by atoms with Gasteiger partial charge in [0, 0.05) is 44.2 Å². The first-order valence-corrected chi connectivity index (χ1v) is 8.47. The van der Waals surface area contributed by atoms with Crippen LogP contribution in [0.5, 0.6) is 11.5 Å². The van der Waals surface area contributed by atoms with Crippen LogP contribution in [-0.4, -0.2) is 51.2 Å². The molecule has 1 aliphatic carbocycles. The van der Waals surface area contributed by atoms with Crippen molar-refractivity contribution in [1.82, 2.24) is 4.90 Å². The summed E-state index contributed by atoms with van der Waals surface area (Å²) >= 11 is 6.16. The first-order valence-electron chi connectivity index (χ1n) is 8.09. The Labute approximate surface area is 142 Å². The maximum absolute atomic E-state index is 12.3. The lowest BCUT2D eigenvalue weighted by Gasteiger charge is -2.39. The van der Waals surface area contributed by atoms with Crippen molar-refractivity contribution in [2.45, 2.75) is 19.3 Å². The van der Waals surface area contributed by atoms with Crippen molar-refractivity contribution >= 4 is 23.2 Å². The van der Waals surface area contributed by atoms with Crippen molar-refractivity contribution in [3.05, 3.63) is 17.2 Å². The number of anilines is 1. The van der Waals surface area contributed by atoms with Gasteiger partial charge in [-0.3, -0.25) is 4.79 Å². The third kappa shape index (κ3) is 3.20. The number of rotatable bonds is 4. The van der Waals surface area contributed by atoms with Crippen LogP contribution >= 0.6 is 11.6 Å². The summed E-state index contributed by atoms with van der Waals surface area (Å²) < 4.78 is 10.8. The van der Waals surface area contributed by atoms with E-state index in [1.54, 1.807) is 20.3 Å². The Balaban J connectivity index is 1.70. The van der Waals surface area contributed by atoms with Gasteiger partial charge in [-0.15, -0.1) is 0 Å². The van der Waals surface area contributed by atoms with Gasteiger partial charge in [0.25, 0.3) is 0 Å². The van der Waals surface area contributed by atoms with Crippen LogP contribution in [0, 0.1) is 5.92 Å². The van der Waals surface area contributed by atoms with Gasteiger partial charge in [-0.05, 0) is 12.8 Å². The molecule has 0 bridgehead atoms. The average molecular weight is 339 g/mol. The first kappa shape index (κ1) is 16.2. The number of carbonyl (C=O) groups excluding carboxylic acids is 1. The molecule has 1 amide bonds. The van der Waals surface area contributed by atoms with Crippen LogP contribution in [0.15, 0.2) is 12.1 Å². The van der Waals surface area contributed by atoms with E-state index < -0.39 is 0 Å². The van der Waals surface area contributed by atoms with Gasteiger partial charge in [-0.25, -0.2) is 0 Å². The van der Waals surface area contributed by atoms with Crippen molar-refractivity contribution < 1.29 is 14.3 Å². The van der Waals surface area contributed by atoms with Gasteiger partial charge in [0.15, 0.2) is 0 Å². The van der Waals surface area contributed by atoms with E-state index in [2.05, 4.69) is 4.90 Å². The molecule has 0 N–H and O–H groups in total. The summed E-state index contributed by atoms with van der Waals surface area (Å²) in [5, 5.41) is 0.534. The van der Waals surface area contributed by atoms with E-state index in [-0.39, 0.29) is 5.92 Å². The largest absolute Gasteiger partial charge is 0.495 e. The molecular weight excluding hydrogens is 316 g/mol. The van der Waals surface area contributed by atoms with Crippen LogP contribution in [0.4, 0.5) is 5.69 Å². The molecule has 1 saturated carbocycles. The zero-order valence-electron chi connectivity index (χ0n) is 13.7. The minimum atomic E-state index is 0.270. The van der Waals surface area contributed by atoms with E-state index in [0.717, 1.165) is 50.5 Å². The molecule has 23 heavy (non-hydrogen) atoms. The Hall–Kier alpha value is -1.62. The van der Waals surface area contributed by atoms with Gasteiger partial charge >= 0.3 is 0 Å². The molecule has 0 unspecified atom stereocenters. The monoisotopic (exact) mass is 338 g/mol. The summed E-state index contributed by atoms with van der Waals surface area (Å²) in [4.78, 5) is 16.6. The molecular formula is C17H23ClN2O3. The second kappa shape index (κ2) is 6.87. The summed E-state index contributed by atoms with van der Waals surface area (Å²) in [7, 11) is 3.24. The minimum absolute atomic E-state index is 0.270. The quantitative estimate of drug-likeness (QED) is 0.846. The van der Waals surface area contributed by atoms with E-state index in [1.807, 2.05) is 11.0 Å². The van der Waals surface area contributed by atoms with E-state index >= 15 is 0 Å². The van der Waals surface area contributed by atoms with Gasteiger partial charge < -0.3 is 19.3 Å². The van der Waals surface area contributed by atoms with Crippen molar-refractivity contribution in [1.29, 1.82) is 0 Å². The molecule has 0 radical (unpaired) electrons. The number of hydrogen-bond donors (Lipinski definition) is 0. The van der Waals surface area contributed by atoms with Gasteiger partial charge in [-0.1, -0.05) is 18.0 Å². The molecule has 0 spiro atoms. The van der Waals surface area contributed by atoms with Crippen molar-refractivity contribution in [3.63, 3.8) is 0 Å². The van der Waals surface area contributed by atoms with Crippen LogP contribution < -0.4 is 14.4 Å². The van der Waals surface area contributed by atoms with Crippen LogP contribution in [0.2, 0.25) is 5.02 Å². The Morgan fingerprint density at radius 1 is 1.09 bits per heavy atom. The van der Waals surface area contributed by atoms with Crippen LogP contribution in [0.1, 0.15) is 19.3 Å². The van der Waals surface area contributed by atoms with E-state index in [4.69, 9.17) is 21.1 Å². The second-order valence-corrected chi connectivity index (χ2v) is 6.51. The number of nitrogens with zero attached hydrogens (tertiary/aromatic N) is 2. The normalized spacial score (nSPS) is 18.6. The fraction of sp³-hybridized carbons (Fsp3) is 0.588. The van der Waals surface area contributed by atoms with Crippen molar-refractivity contribution in [3.8, 4) is 11.5 Å². The highest BCUT2D eigenvalue weighted by molar-refractivity contribution is 6.32. The highest BCUT2D eigenvalue weighted by Crippen LogP contribution is 2.38. The molecule has 2 aliphatic rings. The molecule has 3 rings (SSSR count). The maximum Gasteiger partial charge on any atom is 0.225 e. The number of hydrogen-bond acceptors (Lipinski definition) is 4. The summed E-state index contributed by atoms with van der Waals surface area (Å²) in [6.45, 7) is 3.09. The molecule has 1 aliphatic heterocycles. The summed E-state index contributed by atoms with van der Waals surface area (Å²) in [6, 6.07) is 3.69. The molecule has 1 saturated heterocycles. The summed E-state index contributed by atoms with van der Waals surface area (Å²) in [6.07, 6.45) is 3.31. The summed E-state index contributed by atoms with van der Waals surface area (Å²) in [5.41, 5.74) is 0.962. The Bertz CT molecular complexity index is 581. The predicted octanol–water partition coefficient (Wildman–Crippen LogP) is 2.81. The number of amides is 1. The zero-order valence-corrected chi connectivity index (χ0v) is 14.4. The first-order chi connectivity index (χ1) is 11.1. The lowest BCUT2D eigenvalue weighted by molar-refractivity contribution is -0.138. The van der Waals surface area contributed by atoms with Gasteiger partial charge in [0.05, 0.1) is 24.9 Å². The number of halogens is 1. The van der Waals surface area contributed by atoms with E-state index in [0.29, 0.717) is 16.7 Å². The Morgan fingerprint density at radius 3 is 2.26 bits per heavy atom. The maximum atomic E-state index is 12.3. The molecule has 1 aromatic rings. The van der Waals surface area contributed by atoms with Gasteiger partial charge in [0.1, 0.15) is 11.5 Å². The molecule has 5 nitrogen and oxygen atoms in total. The Morgan fingerprint density at radius 2 is 1.74 bits per heavy atom. The average Bonchev–Trinajstić information content (AvgIpc) is 2.53. The minimum Gasteiger partial charge on any atom is -0.495 e. The third-order valence-corrected chi connectivity index (χ3v) is 5.14. The molecule has 0 atom stereocenters. The van der Waals surface area contributed by atoms with Crippen LogP contribution in [-0.2, 0) is 4.79 Å². The van der Waals surface area contributed by atoms with Gasteiger partial charge in [-0.2, -0.15) is 0 Å². The number of benzene rings is 1. The van der Waals surface area contributed by atoms with Crippen molar-refractivity contribution in [2.75, 3.05) is 45.3 Å². The summed E-state index contributed by atoms with van der Waals surface area (Å²) in [5.74, 6) is 1.97. The molecule has 6 heteroatoms. The smallest absolute Gasteiger partial charge is 0.225 e. The fourth-order valence-electron chi connectivity index (χ4n) is 3.17. The highest BCUT2D eigenvalue weighted by Gasteiger charge is 2.31. The van der Waals surface area contributed by atoms with Gasteiger partial charge in [0.2, 0.25) is 5.91 Å². The molecule has 1 aromatic carbocycles. The number of piperazine rings is 1. The molecule has 1 heterocycles. The second-order valence-electron chi connectivity index (χ2n) is 6.10. The standard InChI is InChI=1S/C17H23ClN2O3/c1-22-15-11-14(16(23-2)10-13(15)18)19-6-8-20(9-7-19)17(21)12-4-3-5-12/h10-12H,3-9H2,1-2H3. The SMILES string of the molecule is COc1cc(N2CCN(C(=O)C3CCC3)CC2)c(OC)cc1Cl. The van der Waals surface area contributed by atoms with Crippen LogP contribution in [0.3, 0.4) is 0 Å². The lowest BCUT2D eigenvalue weighted by Crippen LogP contribution is -2.51.